The summed E-state index contributed by atoms with van der Waals surface area (Å²) < 4.78 is 35.7. The molecule has 1 N–H and O–H groups in total. The van der Waals surface area contributed by atoms with Gasteiger partial charge in [0.1, 0.15) is 4.90 Å². The lowest BCUT2D eigenvalue weighted by Gasteiger charge is -2.11. The zero-order valence-corrected chi connectivity index (χ0v) is 19.7. The van der Waals surface area contributed by atoms with Crippen LogP contribution >= 0.6 is 11.8 Å². The van der Waals surface area contributed by atoms with E-state index in [9.17, 15) is 23.3 Å². The third kappa shape index (κ3) is 5.67. The minimum absolute atomic E-state index is 0.0925. The smallest absolute Gasteiger partial charge is 0.339 e. The zero-order valence-electron chi connectivity index (χ0n) is 18.1. The topological polar surface area (TPSA) is 137 Å². The maximum Gasteiger partial charge on any atom is 0.339 e. The Labute approximate surface area is 204 Å². The molecule has 0 spiro atoms. The maximum absolute atomic E-state index is 12.7. The molecule has 1 heterocycles. The Balaban J connectivity index is 1.56. The molecule has 35 heavy (non-hydrogen) atoms. The van der Waals surface area contributed by atoms with Crippen molar-refractivity contribution in [1.29, 1.82) is 0 Å². The Morgan fingerprint density at radius 2 is 1.80 bits per heavy atom. The molecule has 0 aliphatic carbocycles. The standard InChI is InChI=1S/C23H17N3O7S2/c1-32-20-12-15(13-21-22(27)25-23(34-21)24-16-6-3-2-4-7-16)10-11-19(20)33-35(30,31)18-9-5-8-17(14-18)26(28)29/h2-14H,1H3,(H,24,25,27)/b21-13-. The molecule has 0 saturated carbocycles. The highest BCUT2D eigenvalue weighted by Crippen LogP contribution is 2.34. The monoisotopic (exact) mass is 511 g/mol. The number of ether oxygens (including phenoxy) is 1. The van der Waals surface area contributed by atoms with E-state index >= 15 is 0 Å². The molecule has 10 nitrogen and oxygen atoms in total. The van der Waals surface area contributed by atoms with E-state index in [1.54, 1.807) is 12.1 Å². The number of carbonyl (C=O) groups is 1. The van der Waals surface area contributed by atoms with E-state index in [1.165, 1.54) is 37.4 Å². The summed E-state index contributed by atoms with van der Waals surface area (Å²) in [6.45, 7) is 0. The number of thioether (sulfide) groups is 1. The second-order valence-electron chi connectivity index (χ2n) is 7.02. The lowest BCUT2D eigenvalue weighted by Crippen LogP contribution is -2.19. The molecule has 1 saturated heterocycles. The fraction of sp³-hybridized carbons (Fsp3) is 0.0435. The quantitative estimate of drug-likeness (QED) is 0.215. The molecule has 4 rings (SSSR count). The second-order valence-corrected chi connectivity index (χ2v) is 9.60. The van der Waals surface area contributed by atoms with E-state index < -0.39 is 15.0 Å². The van der Waals surface area contributed by atoms with Crippen molar-refractivity contribution < 1.29 is 27.1 Å². The number of nitrogens with zero attached hydrogens (tertiary/aromatic N) is 2. The van der Waals surface area contributed by atoms with Gasteiger partial charge in [0.15, 0.2) is 16.7 Å². The summed E-state index contributed by atoms with van der Waals surface area (Å²) in [5.41, 5.74) is 0.872. The van der Waals surface area contributed by atoms with Gasteiger partial charge in [0, 0.05) is 12.1 Å². The molecule has 3 aromatic rings. The van der Waals surface area contributed by atoms with Gasteiger partial charge in [-0.05, 0) is 53.7 Å². The molecule has 0 radical (unpaired) electrons. The Bertz CT molecular complexity index is 1470. The van der Waals surface area contributed by atoms with Crippen molar-refractivity contribution in [1.82, 2.24) is 5.32 Å². The van der Waals surface area contributed by atoms with Crippen LogP contribution in [-0.2, 0) is 14.9 Å². The van der Waals surface area contributed by atoms with Crippen LogP contribution in [0, 0.1) is 10.1 Å². The van der Waals surface area contributed by atoms with E-state index in [1.807, 2.05) is 30.3 Å². The number of amidine groups is 1. The number of carbonyl (C=O) groups excluding carboxylic acids is 1. The molecular formula is C23H17N3O7S2. The fourth-order valence-corrected chi connectivity index (χ4v) is 4.84. The summed E-state index contributed by atoms with van der Waals surface area (Å²) >= 11 is 1.16. The Morgan fingerprint density at radius 3 is 2.51 bits per heavy atom. The van der Waals surface area contributed by atoms with Crippen molar-refractivity contribution in [2.24, 2.45) is 4.99 Å². The molecule has 178 valence electrons. The predicted molar refractivity (Wildman–Crippen MR) is 131 cm³/mol. The Kier molecular flexibility index (Phi) is 6.85. The van der Waals surface area contributed by atoms with Gasteiger partial charge in [-0.2, -0.15) is 8.42 Å². The summed E-state index contributed by atoms with van der Waals surface area (Å²) in [7, 11) is -3.03. The number of hydrogen-bond donors (Lipinski definition) is 1. The number of nitrogens with one attached hydrogen (secondary N) is 1. The predicted octanol–water partition coefficient (Wildman–Crippen LogP) is 4.26. The molecular weight excluding hydrogens is 494 g/mol. The number of amides is 1. The summed E-state index contributed by atoms with van der Waals surface area (Å²) in [6, 6.07) is 18.1. The van der Waals surface area contributed by atoms with Gasteiger partial charge >= 0.3 is 10.1 Å². The van der Waals surface area contributed by atoms with Crippen molar-refractivity contribution in [3.63, 3.8) is 0 Å². The van der Waals surface area contributed by atoms with Gasteiger partial charge < -0.3 is 14.2 Å². The van der Waals surface area contributed by atoms with Crippen molar-refractivity contribution in [2.75, 3.05) is 7.11 Å². The summed E-state index contributed by atoms with van der Waals surface area (Å²) in [4.78, 5) is 27.0. The third-order valence-corrected chi connectivity index (χ3v) is 6.78. The lowest BCUT2D eigenvalue weighted by atomic mass is 10.2. The van der Waals surface area contributed by atoms with Gasteiger partial charge in [-0.25, -0.2) is 4.99 Å². The number of rotatable bonds is 7. The molecule has 1 aliphatic rings. The number of benzene rings is 3. The van der Waals surface area contributed by atoms with E-state index in [0.29, 0.717) is 21.3 Å². The van der Waals surface area contributed by atoms with Crippen LogP contribution in [0.1, 0.15) is 5.56 Å². The van der Waals surface area contributed by atoms with Crippen LogP contribution in [0.3, 0.4) is 0 Å². The molecule has 1 fully saturated rings. The first-order valence-corrected chi connectivity index (χ1v) is 12.2. The first-order valence-electron chi connectivity index (χ1n) is 9.97. The highest BCUT2D eigenvalue weighted by molar-refractivity contribution is 8.18. The number of nitro groups is 1. The number of non-ortho nitro benzene ring substituents is 1. The minimum atomic E-state index is -4.37. The highest BCUT2D eigenvalue weighted by atomic mass is 32.2. The molecule has 0 bridgehead atoms. The molecule has 0 atom stereocenters. The minimum Gasteiger partial charge on any atom is -0.493 e. The summed E-state index contributed by atoms with van der Waals surface area (Å²) in [6.07, 6.45) is 1.61. The van der Waals surface area contributed by atoms with Crippen molar-refractivity contribution in [3.8, 4) is 11.5 Å². The average molecular weight is 512 g/mol. The van der Waals surface area contributed by atoms with Gasteiger partial charge in [0.05, 0.1) is 22.6 Å². The first-order chi connectivity index (χ1) is 16.7. The SMILES string of the molecule is COc1cc(/C=C2\SC(=Nc3ccccc3)NC2=O)ccc1OS(=O)(=O)c1cccc([N+](=O)[O-])c1. The number of methoxy groups -OCH3 is 1. The molecule has 12 heteroatoms. The highest BCUT2D eigenvalue weighted by Gasteiger charge is 2.25. The summed E-state index contributed by atoms with van der Waals surface area (Å²) in [5, 5.41) is 14.1. The first kappa shape index (κ1) is 24.0. The number of aliphatic imine (C=N–C) groups is 1. The van der Waals surface area contributed by atoms with E-state index in [-0.39, 0.29) is 28.0 Å². The van der Waals surface area contributed by atoms with E-state index in [2.05, 4.69) is 10.3 Å². The lowest BCUT2D eigenvalue weighted by molar-refractivity contribution is -0.385. The normalized spacial score (nSPS) is 15.7. The molecule has 1 amide bonds. The van der Waals surface area contributed by atoms with Gasteiger partial charge in [-0.15, -0.1) is 0 Å². The third-order valence-electron chi connectivity index (χ3n) is 4.64. The fourth-order valence-electron chi connectivity index (χ4n) is 3.01. The number of para-hydroxylation sites is 1. The van der Waals surface area contributed by atoms with Gasteiger partial charge in [0.25, 0.3) is 11.6 Å². The van der Waals surface area contributed by atoms with Gasteiger partial charge in [-0.1, -0.05) is 30.3 Å². The van der Waals surface area contributed by atoms with Gasteiger partial charge in [-0.3, -0.25) is 14.9 Å². The van der Waals surface area contributed by atoms with Crippen molar-refractivity contribution in [3.05, 3.63) is 93.4 Å². The summed E-state index contributed by atoms with van der Waals surface area (Å²) in [5.74, 6) is -0.344. The largest absolute Gasteiger partial charge is 0.493 e. The number of hydrogen-bond acceptors (Lipinski definition) is 9. The maximum atomic E-state index is 12.7. The second kappa shape index (κ2) is 9.99. The Morgan fingerprint density at radius 1 is 1.03 bits per heavy atom. The molecule has 0 aromatic heterocycles. The van der Waals surface area contributed by atoms with E-state index in [0.717, 1.165) is 17.8 Å². The van der Waals surface area contributed by atoms with Crippen molar-refractivity contribution in [2.45, 2.75) is 4.90 Å². The Hall–Kier alpha value is -4.16. The molecule has 1 aliphatic heterocycles. The van der Waals surface area contributed by atoms with Gasteiger partial charge in [0.2, 0.25) is 0 Å². The van der Waals surface area contributed by atoms with Crippen LogP contribution in [0.2, 0.25) is 0 Å². The average Bonchev–Trinajstić information content (AvgIpc) is 3.18. The van der Waals surface area contributed by atoms with Crippen molar-refractivity contribution >= 4 is 50.4 Å². The van der Waals surface area contributed by atoms with Crippen LogP contribution in [0.15, 0.2) is 87.6 Å². The number of nitro benzene ring substituents is 1. The van der Waals surface area contributed by atoms with Crippen LogP contribution < -0.4 is 14.2 Å². The van der Waals surface area contributed by atoms with Crippen LogP contribution in [-0.4, -0.2) is 31.5 Å². The zero-order chi connectivity index (χ0) is 25.0. The van der Waals surface area contributed by atoms with Crippen LogP contribution in [0.4, 0.5) is 11.4 Å². The van der Waals surface area contributed by atoms with Crippen LogP contribution in [0.25, 0.3) is 6.08 Å². The molecule has 0 unspecified atom stereocenters. The molecule has 3 aromatic carbocycles. The van der Waals surface area contributed by atoms with E-state index in [4.69, 9.17) is 8.92 Å². The van der Waals surface area contributed by atoms with Crippen LogP contribution in [0.5, 0.6) is 11.5 Å².